The van der Waals surface area contributed by atoms with Crippen LogP contribution >= 0.6 is 11.6 Å². The number of aryl methyl sites for hydroxylation is 1. The van der Waals surface area contributed by atoms with E-state index in [1.54, 1.807) is 0 Å². The van der Waals surface area contributed by atoms with Crippen LogP contribution < -0.4 is 0 Å². The molecule has 0 atom stereocenters. The van der Waals surface area contributed by atoms with E-state index in [2.05, 4.69) is 5.10 Å². The number of aromatic hydroxyl groups is 1. The zero-order valence-corrected chi connectivity index (χ0v) is 6.61. The van der Waals surface area contributed by atoms with Gasteiger partial charge in [-0.1, -0.05) is 11.6 Å². The van der Waals surface area contributed by atoms with Gasteiger partial charge in [0.1, 0.15) is 0 Å². The lowest BCUT2D eigenvalue weighted by Gasteiger charge is -2.05. The van der Waals surface area contributed by atoms with Crippen molar-refractivity contribution >= 4 is 11.6 Å². The van der Waals surface area contributed by atoms with Gasteiger partial charge in [-0.3, -0.25) is 4.68 Å². The summed E-state index contributed by atoms with van der Waals surface area (Å²) in [6.07, 6.45) is -4.64. The monoisotopic (exact) mass is 200 g/mol. The highest BCUT2D eigenvalue weighted by Crippen LogP contribution is 2.38. The van der Waals surface area contributed by atoms with Crippen molar-refractivity contribution in [1.82, 2.24) is 9.78 Å². The minimum atomic E-state index is -4.64. The molecule has 0 aliphatic rings. The molecule has 0 radical (unpaired) electrons. The predicted molar refractivity (Wildman–Crippen MR) is 34.9 cm³/mol. The van der Waals surface area contributed by atoms with Crippen molar-refractivity contribution in [2.45, 2.75) is 6.18 Å². The van der Waals surface area contributed by atoms with E-state index >= 15 is 0 Å². The molecule has 0 saturated heterocycles. The average Bonchev–Trinajstić information content (AvgIpc) is 2.05. The number of alkyl halides is 3. The molecule has 3 nitrogen and oxygen atoms in total. The van der Waals surface area contributed by atoms with E-state index in [1.165, 1.54) is 0 Å². The summed E-state index contributed by atoms with van der Waals surface area (Å²) in [7, 11) is 1.05. The Labute approximate surface area is 70.4 Å². The highest BCUT2D eigenvalue weighted by molar-refractivity contribution is 6.30. The van der Waals surface area contributed by atoms with Crippen LogP contribution in [0.15, 0.2) is 0 Å². The van der Waals surface area contributed by atoms with Crippen LogP contribution in [-0.4, -0.2) is 14.9 Å². The summed E-state index contributed by atoms with van der Waals surface area (Å²) < 4.78 is 36.6. The van der Waals surface area contributed by atoms with E-state index in [9.17, 15) is 13.2 Å². The van der Waals surface area contributed by atoms with Crippen molar-refractivity contribution in [3.8, 4) is 5.75 Å². The third-order valence-corrected chi connectivity index (χ3v) is 1.50. The number of hydrogen-bond donors (Lipinski definition) is 1. The van der Waals surface area contributed by atoms with E-state index < -0.39 is 22.8 Å². The highest BCUT2D eigenvalue weighted by atomic mass is 35.5. The van der Waals surface area contributed by atoms with Gasteiger partial charge in [-0.05, 0) is 0 Å². The van der Waals surface area contributed by atoms with Crippen LogP contribution in [0.1, 0.15) is 5.69 Å². The second-order valence-electron chi connectivity index (χ2n) is 2.11. The zero-order chi connectivity index (χ0) is 9.52. The first-order valence-corrected chi connectivity index (χ1v) is 3.20. The van der Waals surface area contributed by atoms with Crippen molar-refractivity contribution < 1.29 is 18.3 Å². The van der Waals surface area contributed by atoms with E-state index in [4.69, 9.17) is 16.7 Å². The minimum Gasteiger partial charge on any atom is -0.503 e. The average molecular weight is 201 g/mol. The molecule has 0 fully saturated rings. The van der Waals surface area contributed by atoms with Gasteiger partial charge in [0.25, 0.3) is 0 Å². The Morgan fingerprint density at radius 3 is 2.17 bits per heavy atom. The zero-order valence-electron chi connectivity index (χ0n) is 5.85. The number of aromatic nitrogens is 2. The van der Waals surface area contributed by atoms with E-state index in [-0.39, 0.29) is 0 Å². The third-order valence-electron chi connectivity index (χ3n) is 1.25. The molecule has 12 heavy (non-hydrogen) atoms. The van der Waals surface area contributed by atoms with E-state index in [0.717, 1.165) is 7.05 Å². The summed E-state index contributed by atoms with van der Waals surface area (Å²) in [4.78, 5) is 0. The van der Waals surface area contributed by atoms with Crippen LogP contribution in [0.2, 0.25) is 5.15 Å². The molecule has 0 amide bonds. The number of nitrogens with zero attached hydrogens (tertiary/aromatic N) is 2. The molecule has 7 heteroatoms. The van der Waals surface area contributed by atoms with Crippen molar-refractivity contribution in [3.63, 3.8) is 0 Å². The molecule has 0 aliphatic heterocycles. The number of halogens is 4. The fraction of sp³-hybridized carbons (Fsp3) is 0.400. The standard InChI is InChI=1S/C5H4ClF3N2O/c1-11-3(5(7,8)9)2(12)4(6)10-11/h12H,1H3. The largest absolute Gasteiger partial charge is 0.503 e. The quantitative estimate of drug-likeness (QED) is 0.694. The summed E-state index contributed by atoms with van der Waals surface area (Å²) in [5.41, 5.74) is -1.24. The molecule has 0 bridgehead atoms. The Morgan fingerprint density at radius 1 is 1.50 bits per heavy atom. The molecular formula is C5H4ClF3N2O. The molecule has 0 saturated carbocycles. The lowest BCUT2D eigenvalue weighted by Crippen LogP contribution is -2.11. The van der Waals surface area contributed by atoms with Crippen molar-refractivity contribution in [3.05, 3.63) is 10.8 Å². The molecule has 0 aromatic carbocycles. The van der Waals surface area contributed by atoms with Gasteiger partial charge in [-0.25, -0.2) is 0 Å². The topological polar surface area (TPSA) is 38.0 Å². The summed E-state index contributed by atoms with van der Waals surface area (Å²) >= 11 is 5.16. The van der Waals surface area contributed by atoms with Crippen LogP contribution in [-0.2, 0) is 13.2 Å². The van der Waals surface area contributed by atoms with Crippen LogP contribution in [0.4, 0.5) is 13.2 Å². The highest BCUT2D eigenvalue weighted by Gasteiger charge is 2.39. The fourth-order valence-electron chi connectivity index (χ4n) is 0.798. The Balaban J connectivity index is 3.32. The van der Waals surface area contributed by atoms with Gasteiger partial charge in [0.05, 0.1) is 0 Å². The summed E-state index contributed by atoms with van der Waals surface area (Å²) in [5.74, 6) is -1.04. The lowest BCUT2D eigenvalue weighted by molar-refractivity contribution is -0.144. The number of rotatable bonds is 0. The van der Waals surface area contributed by atoms with Gasteiger partial charge >= 0.3 is 6.18 Å². The second kappa shape index (κ2) is 2.55. The second-order valence-corrected chi connectivity index (χ2v) is 2.47. The first-order valence-electron chi connectivity index (χ1n) is 2.82. The molecule has 68 valence electrons. The maximum Gasteiger partial charge on any atom is 0.436 e. The molecule has 1 heterocycles. The van der Waals surface area contributed by atoms with Crippen LogP contribution in [0.5, 0.6) is 5.75 Å². The van der Waals surface area contributed by atoms with Crippen molar-refractivity contribution in [1.29, 1.82) is 0 Å². The predicted octanol–water partition coefficient (Wildman–Crippen LogP) is 1.80. The van der Waals surface area contributed by atoms with Crippen LogP contribution in [0, 0.1) is 0 Å². The molecule has 1 rings (SSSR count). The summed E-state index contributed by atoms with van der Waals surface area (Å²) in [5, 5.41) is 11.5. The first kappa shape index (κ1) is 9.18. The summed E-state index contributed by atoms with van der Waals surface area (Å²) in [6, 6.07) is 0. The molecule has 1 aromatic heterocycles. The first-order chi connectivity index (χ1) is 5.34. The Bertz CT molecular complexity index is 306. The maximum atomic E-state index is 12.0. The van der Waals surface area contributed by atoms with E-state index in [0.29, 0.717) is 4.68 Å². The lowest BCUT2D eigenvalue weighted by atomic mass is 10.4. The van der Waals surface area contributed by atoms with E-state index in [1.807, 2.05) is 0 Å². The molecule has 1 aromatic rings. The molecular weight excluding hydrogens is 197 g/mol. The Kier molecular flexibility index (Phi) is 1.95. The Morgan fingerprint density at radius 2 is 2.00 bits per heavy atom. The molecule has 1 N–H and O–H groups in total. The maximum absolute atomic E-state index is 12.0. The van der Waals surface area contributed by atoms with Gasteiger partial charge in [-0.2, -0.15) is 18.3 Å². The smallest absolute Gasteiger partial charge is 0.436 e. The minimum absolute atomic E-state index is 0.484. The van der Waals surface area contributed by atoms with Crippen molar-refractivity contribution in [2.75, 3.05) is 0 Å². The van der Waals surface area contributed by atoms with Gasteiger partial charge in [0.15, 0.2) is 16.6 Å². The van der Waals surface area contributed by atoms with Gasteiger partial charge in [0, 0.05) is 7.05 Å². The van der Waals surface area contributed by atoms with Gasteiger partial charge < -0.3 is 5.11 Å². The fourth-order valence-corrected chi connectivity index (χ4v) is 1.00. The third kappa shape index (κ3) is 1.34. The Hall–Kier alpha value is -0.910. The number of hydrogen-bond acceptors (Lipinski definition) is 2. The van der Waals surface area contributed by atoms with Crippen molar-refractivity contribution in [2.24, 2.45) is 7.05 Å². The van der Waals surface area contributed by atoms with Crippen LogP contribution in [0.3, 0.4) is 0 Å². The van der Waals surface area contributed by atoms with Gasteiger partial charge in [0.2, 0.25) is 0 Å². The van der Waals surface area contributed by atoms with Gasteiger partial charge in [-0.15, -0.1) is 0 Å². The molecule has 0 unspecified atom stereocenters. The summed E-state index contributed by atoms with van der Waals surface area (Å²) in [6.45, 7) is 0. The SMILES string of the molecule is Cn1nc(Cl)c(O)c1C(F)(F)F. The van der Waals surface area contributed by atoms with Crippen LogP contribution in [0.25, 0.3) is 0 Å². The molecule has 0 spiro atoms. The molecule has 0 aliphatic carbocycles. The normalized spacial score (nSPS) is 12.1.